The van der Waals surface area contributed by atoms with Crippen molar-refractivity contribution in [2.24, 2.45) is 0 Å². The first-order chi connectivity index (χ1) is 30.4. The molecule has 0 aromatic heterocycles. The minimum Gasteiger partial charge on any atom is -0.457 e. The summed E-state index contributed by atoms with van der Waals surface area (Å²) in [7, 11) is 0. The van der Waals surface area contributed by atoms with Crippen molar-refractivity contribution >= 4 is 5.97 Å². The fourth-order valence-corrected chi connectivity index (χ4v) is 6.98. The molecule has 9 heteroatoms. The van der Waals surface area contributed by atoms with Gasteiger partial charge in [-0.1, -0.05) is 182 Å². The number of allylic oxidation sites excluding steroid dienone is 14. The number of rotatable bonds is 41. The second-order valence-electron chi connectivity index (χ2n) is 16.5. The van der Waals surface area contributed by atoms with E-state index in [1.165, 1.54) is 96.3 Å². The number of esters is 1. The molecule has 0 aliphatic carbocycles. The Hall–Kier alpha value is -2.63. The molecule has 6 unspecified atom stereocenters. The average molecular weight is 871 g/mol. The highest BCUT2D eigenvalue weighted by Gasteiger charge is 2.44. The summed E-state index contributed by atoms with van der Waals surface area (Å²) in [6.07, 6.45) is 52.1. The van der Waals surface area contributed by atoms with Gasteiger partial charge in [-0.25, -0.2) is 0 Å². The summed E-state index contributed by atoms with van der Waals surface area (Å²) >= 11 is 0. The maximum Gasteiger partial charge on any atom is 0.306 e. The van der Waals surface area contributed by atoms with Crippen LogP contribution in [0.1, 0.15) is 181 Å². The molecule has 1 aliphatic heterocycles. The number of carbonyl (C=O) groups is 1. The highest BCUT2D eigenvalue weighted by molar-refractivity contribution is 5.69. The fraction of sp³-hybridized carbons (Fsp3) is 0.717. The van der Waals surface area contributed by atoms with Crippen LogP contribution in [0.3, 0.4) is 0 Å². The molecule has 0 saturated carbocycles. The zero-order valence-electron chi connectivity index (χ0n) is 39.1. The smallest absolute Gasteiger partial charge is 0.306 e. The van der Waals surface area contributed by atoms with Gasteiger partial charge in [0.05, 0.1) is 19.8 Å². The van der Waals surface area contributed by atoms with Crippen LogP contribution in [-0.2, 0) is 23.7 Å². The van der Waals surface area contributed by atoms with Gasteiger partial charge in [0.2, 0.25) is 0 Å². The van der Waals surface area contributed by atoms with Crippen molar-refractivity contribution in [3.05, 3.63) is 85.1 Å². The molecule has 62 heavy (non-hydrogen) atoms. The second-order valence-corrected chi connectivity index (χ2v) is 16.5. The number of unbranched alkanes of at least 4 members (excludes halogenated alkanes) is 16. The Kier molecular flexibility index (Phi) is 40.4. The molecule has 1 rings (SSSR count). The SMILES string of the molecule is CC/C=C\C/C=C\C/C=C\C/C=C\CCC(=O)OC(COCCCCCCCCCCCCC/C=C\C/C=C\C/C=C\CCCCCCC)COC1OC(CO)C(O)C(O)C1O. The number of aliphatic hydroxyl groups is 4. The van der Waals surface area contributed by atoms with Crippen LogP contribution in [0.5, 0.6) is 0 Å². The van der Waals surface area contributed by atoms with E-state index in [0.29, 0.717) is 13.0 Å². The highest BCUT2D eigenvalue weighted by atomic mass is 16.7. The van der Waals surface area contributed by atoms with E-state index in [1.54, 1.807) is 0 Å². The third kappa shape index (κ3) is 33.9. The lowest BCUT2D eigenvalue weighted by molar-refractivity contribution is -0.305. The van der Waals surface area contributed by atoms with Gasteiger partial charge in [0.15, 0.2) is 6.29 Å². The number of hydrogen-bond donors (Lipinski definition) is 4. The van der Waals surface area contributed by atoms with Crippen LogP contribution in [0.2, 0.25) is 0 Å². The van der Waals surface area contributed by atoms with Crippen LogP contribution < -0.4 is 0 Å². The zero-order chi connectivity index (χ0) is 45.0. The van der Waals surface area contributed by atoms with Crippen molar-refractivity contribution in [1.82, 2.24) is 0 Å². The predicted octanol–water partition coefficient (Wildman–Crippen LogP) is 11.8. The molecule has 1 fully saturated rings. The summed E-state index contributed by atoms with van der Waals surface area (Å²) in [6, 6.07) is 0. The first-order valence-electron chi connectivity index (χ1n) is 24.7. The summed E-state index contributed by atoms with van der Waals surface area (Å²) in [5.41, 5.74) is 0. The largest absolute Gasteiger partial charge is 0.457 e. The number of hydrogen-bond acceptors (Lipinski definition) is 9. The molecule has 9 nitrogen and oxygen atoms in total. The van der Waals surface area contributed by atoms with Gasteiger partial charge in [-0.3, -0.25) is 4.79 Å². The van der Waals surface area contributed by atoms with Crippen LogP contribution in [0.15, 0.2) is 85.1 Å². The Balaban J connectivity index is 2.21. The van der Waals surface area contributed by atoms with Gasteiger partial charge in [-0.2, -0.15) is 0 Å². The van der Waals surface area contributed by atoms with Gasteiger partial charge in [-0.15, -0.1) is 0 Å². The number of ether oxygens (including phenoxy) is 4. The molecule has 0 aromatic carbocycles. The van der Waals surface area contributed by atoms with Crippen molar-refractivity contribution < 1.29 is 44.2 Å². The van der Waals surface area contributed by atoms with Crippen molar-refractivity contribution in [3.8, 4) is 0 Å². The standard InChI is InChI=1S/C53H90O9/c1-3-5-7-9-11-13-15-17-18-19-20-21-22-23-24-25-26-27-28-29-31-33-35-37-39-41-43-59-45-47(46-60-53-52(58)51(57)50(56)48(44-54)62-53)61-49(55)42-40-38-36-34-32-30-16-14-12-10-8-6-4-2/h6,8,12,14-15,17,19-20,22-23,30,32,36,38,47-48,50-54,56-58H,3-5,7,9-11,13,16,18,21,24-29,31,33-35,37,39-46H2,1-2H3/b8-6-,14-12-,17-15-,20-19-,23-22-,32-30-,38-36-. The molecule has 1 saturated heterocycles. The van der Waals surface area contributed by atoms with E-state index in [4.69, 9.17) is 18.9 Å². The summed E-state index contributed by atoms with van der Waals surface area (Å²) in [6.45, 7) is 4.32. The first-order valence-corrected chi connectivity index (χ1v) is 24.7. The quantitative estimate of drug-likeness (QED) is 0.0269. The molecule has 1 heterocycles. The van der Waals surface area contributed by atoms with E-state index in [1.807, 2.05) is 12.2 Å². The molecule has 0 spiro atoms. The van der Waals surface area contributed by atoms with Crippen molar-refractivity contribution in [1.29, 1.82) is 0 Å². The van der Waals surface area contributed by atoms with E-state index in [-0.39, 0.29) is 19.6 Å². The van der Waals surface area contributed by atoms with Gasteiger partial charge in [0.25, 0.3) is 0 Å². The Morgan fingerprint density at radius 2 is 0.984 bits per heavy atom. The highest BCUT2D eigenvalue weighted by Crippen LogP contribution is 2.22. The molecular weight excluding hydrogens is 781 g/mol. The molecule has 0 aromatic rings. The molecule has 6 atom stereocenters. The van der Waals surface area contributed by atoms with Crippen molar-refractivity contribution in [2.75, 3.05) is 26.4 Å². The van der Waals surface area contributed by atoms with E-state index < -0.39 is 49.4 Å². The molecule has 356 valence electrons. The van der Waals surface area contributed by atoms with Crippen LogP contribution in [0, 0.1) is 0 Å². The summed E-state index contributed by atoms with van der Waals surface area (Å²) in [5.74, 6) is -0.396. The average Bonchev–Trinajstić information content (AvgIpc) is 3.27. The third-order valence-corrected chi connectivity index (χ3v) is 10.8. The van der Waals surface area contributed by atoms with Gasteiger partial charge >= 0.3 is 5.97 Å². The van der Waals surface area contributed by atoms with Gasteiger partial charge < -0.3 is 39.4 Å². The van der Waals surface area contributed by atoms with Crippen LogP contribution in [0.25, 0.3) is 0 Å². The lowest BCUT2D eigenvalue weighted by atomic mass is 9.99. The molecule has 4 N–H and O–H groups in total. The zero-order valence-corrected chi connectivity index (χ0v) is 39.1. The monoisotopic (exact) mass is 871 g/mol. The van der Waals surface area contributed by atoms with Gasteiger partial charge in [0.1, 0.15) is 30.5 Å². The lowest BCUT2D eigenvalue weighted by Gasteiger charge is -2.39. The minimum absolute atomic E-state index is 0.109. The summed E-state index contributed by atoms with van der Waals surface area (Å²) < 4.78 is 22.7. The molecule has 0 amide bonds. The van der Waals surface area contributed by atoms with E-state index in [0.717, 1.165) is 57.8 Å². The van der Waals surface area contributed by atoms with Crippen molar-refractivity contribution in [3.63, 3.8) is 0 Å². The Morgan fingerprint density at radius 3 is 1.48 bits per heavy atom. The topological polar surface area (TPSA) is 135 Å². The van der Waals surface area contributed by atoms with Crippen LogP contribution in [0.4, 0.5) is 0 Å². The second kappa shape index (κ2) is 43.6. The first kappa shape index (κ1) is 57.4. The third-order valence-electron chi connectivity index (χ3n) is 10.8. The van der Waals surface area contributed by atoms with E-state index in [2.05, 4.69) is 86.8 Å². The van der Waals surface area contributed by atoms with E-state index >= 15 is 0 Å². The Morgan fingerprint density at radius 1 is 0.532 bits per heavy atom. The summed E-state index contributed by atoms with van der Waals surface area (Å²) in [5, 5.41) is 40.1. The molecule has 0 radical (unpaired) electrons. The van der Waals surface area contributed by atoms with Gasteiger partial charge in [-0.05, 0) is 77.0 Å². The van der Waals surface area contributed by atoms with Gasteiger partial charge in [0, 0.05) is 13.0 Å². The van der Waals surface area contributed by atoms with E-state index in [9.17, 15) is 25.2 Å². The lowest BCUT2D eigenvalue weighted by Crippen LogP contribution is -2.59. The minimum atomic E-state index is -1.55. The maximum absolute atomic E-state index is 12.7. The number of aliphatic hydroxyl groups excluding tert-OH is 4. The molecule has 0 bridgehead atoms. The van der Waals surface area contributed by atoms with Crippen molar-refractivity contribution in [2.45, 2.75) is 218 Å². The Bertz CT molecular complexity index is 1220. The Labute approximate surface area is 378 Å². The molecular formula is C53H90O9. The van der Waals surface area contributed by atoms with Crippen LogP contribution in [-0.4, -0.2) is 89.6 Å². The van der Waals surface area contributed by atoms with Crippen LogP contribution >= 0.6 is 0 Å². The summed E-state index contributed by atoms with van der Waals surface area (Å²) in [4.78, 5) is 12.7. The molecule has 1 aliphatic rings. The normalized spacial score (nSPS) is 20.5. The predicted molar refractivity (Wildman–Crippen MR) is 256 cm³/mol. The maximum atomic E-state index is 12.7. The fourth-order valence-electron chi connectivity index (χ4n) is 6.98. The number of carbonyl (C=O) groups excluding carboxylic acids is 1.